The number of nitrogens with one attached hydrogen (secondary N) is 1. The second-order valence-electron chi connectivity index (χ2n) is 16.5. The molecule has 9 nitrogen and oxygen atoms in total. The van der Waals surface area contributed by atoms with Crippen LogP contribution in [0.25, 0.3) is 0 Å². The van der Waals surface area contributed by atoms with Gasteiger partial charge in [-0.3, -0.25) is 4.79 Å². The normalized spacial score (nSPS) is 21.2. The summed E-state index contributed by atoms with van der Waals surface area (Å²) in [6, 6.07) is -0.804. The van der Waals surface area contributed by atoms with E-state index in [9.17, 15) is 30.3 Å². The Balaban J connectivity index is 2.19. The lowest BCUT2D eigenvalue weighted by Gasteiger charge is -2.40. The van der Waals surface area contributed by atoms with Gasteiger partial charge in [0.25, 0.3) is 0 Å². The first-order valence-corrected chi connectivity index (χ1v) is 24.0. The molecule has 0 spiro atoms. The van der Waals surface area contributed by atoms with Crippen molar-refractivity contribution in [2.75, 3.05) is 13.2 Å². The molecular weight excluding hydrogens is 743 g/mol. The van der Waals surface area contributed by atoms with Crippen molar-refractivity contribution in [1.29, 1.82) is 0 Å². The van der Waals surface area contributed by atoms with Crippen molar-refractivity contribution in [2.24, 2.45) is 0 Å². The number of aliphatic hydroxyl groups excluding tert-OH is 5. The van der Waals surface area contributed by atoms with Crippen LogP contribution in [0.2, 0.25) is 0 Å². The number of carbonyl (C=O) groups is 1. The summed E-state index contributed by atoms with van der Waals surface area (Å²) in [6.07, 6.45) is 45.7. The van der Waals surface area contributed by atoms with E-state index in [0.717, 1.165) is 64.2 Å². The molecule has 0 aliphatic carbocycles. The standard InChI is InChI=1S/C50H89NO8/c1-3-5-7-9-11-13-14-15-16-17-18-19-20-21-22-23-24-25-26-27-28-29-30-32-34-36-38-40-46(54)51-43(44(53)39-37-35-33-31-12-10-8-6-4-2)42-58-50-49(57)48(56)47(55)45(41-52)59-50/h5,7,11,13,15-16,18-19,37,39,43-45,47-50,52-53,55-57H,3-4,6,8-10,12,14,17,20-36,38,40-42H2,1-2H3,(H,51,54)/b7-5-,13-11-,16-15-,19-18-,39-37+. The number of amides is 1. The van der Waals surface area contributed by atoms with E-state index in [4.69, 9.17) is 9.47 Å². The van der Waals surface area contributed by atoms with Gasteiger partial charge in [-0.25, -0.2) is 0 Å². The molecule has 7 unspecified atom stereocenters. The summed E-state index contributed by atoms with van der Waals surface area (Å²) in [7, 11) is 0. The maximum absolute atomic E-state index is 12.9. The Hall–Kier alpha value is -2.11. The van der Waals surface area contributed by atoms with E-state index in [0.29, 0.717) is 6.42 Å². The SMILES string of the molecule is CC/C=C\C/C=C\C/C=C\C/C=C\CCCCCCCCCCCCCCCCC(=O)NC(COC1OC(CO)C(O)C(O)C1O)C(O)/C=C/CCCCCCCCC. The first-order valence-electron chi connectivity index (χ1n) is 24.0. The van der Waals surface area contributed by atoms with Crippen LogP contribution >= 0.6 is 0 Å². The maximum atomic E-state index is 12.9. The molecule has 0 aromatic heterocycles. The summed E-state index contributed by atoms with van der Waals surface area (Å²) < 4.78 is 11.2. The van der Waals surface area contributed by atoms with Crippen LogP contribution in [0, 0.1) is 0 Å². The number of aliphatic hydroxyl groups is 5. The topological polar surface area (TPSA) is 149 Å². The number of rotatable bonds is 39. The predicted molar refractivity (Wildman–Crippen MR) is 244 cm³/mol. The number of ether oxygens (including phenoxy) is 2. The number of carbonyl (C=O) groups excluding carboxylic acids is 1. The minimum Gasteiger partial charge on any atom is -0.394 e. The lowest BCUT2D eigenvalue weighted by Crippen LogP contribution is -2.60. The summed E-state index contributed by atoms with van der Waals surface area (Å²) in [5, 5.41) is 54.0. The van der Waals surface area contributed by atoms with Crippen molar-refractivity contribution >= 4 is 5.91 Å². The monoisotopic (exact) mass is 832 g/mol. The van der Waals surface area contributed by atoms with Gasteiger partial charge in [0.2, 0.25) is 5.91 Å². The van der Waals surface area contributed by atoms with Gasteiger partial charge < -0.3 is 40.3 Å². The molecule has 59 heavy (non-hydrogen) atoms. The predicted octanol–water partition coefficient (Wildman–Crippen LogP) is 10.4. The fourth-order valence-corrected chi connectivity index (χ4v) is 7.26. The molecule has 0 bridgehead atoms. The molecule has 1 heterocycles. The van der Waals surface area contributed by atoms with E-state index < -0.39 is 49.5 Å². The highest BCUT2D eigenvalue weighted by atomic mass is 16.7. The van der Waals surface area contributed by atoms with E-state index in [1.165, 1.54) is 109 Å². The summed E-state index contributed by atoms with van der Waals surface area (Å²) in [4.78, 5) is 12.9. The van der Waals surface area contributed by atoms with Crippen molar-refractivity contribution < 1.29 is 39.8 Å². The average Bonchev–Trinajstić information content (AvgIpc) is 3.23. The summed E-state index contributed by atoms with van der Waals surface area (Å²) >= 11 is 0. The summed E-state index contributed by atoms with van der Waals surface area (Å²) in [5.41, 5.74) is 0. The van der Waals surface area contributed by atoms with Gasteiger partial charge in [-0.2, -0.15) is 0 Å². The third-order valence-corrected chi connectivity index (χ3v) is 11.1. The van der Waals surface area contributed by atoms with Gasteiger partial charge in [0.1, 0.15) is 24.4 Å². The van der Waals surface area contributed by atoms with Gasteiger partial charge >= 0.3 is 0 Å². The van der Waals surface area contributed by atoms with Gasteiger partial charge in [-0.05, 0) is 57.8 Å². The summed E-state index contributed by atoms with van der Waals surface area (Å²) in [6.45, 7) is 3.62. The number of hydrogen-bond acceptors (Lipinski definition) is 8. The molecule has 0 radical (unpaired) electrons. The van der Waals surface area contributed by atoms with Crippen molar-refractivity contribution in [3.05, 3.63) is 60.8 Å². The quantitative estimate of drug-likeness (QED) is 0.0265. The minimum absolute atomic E-state index is 0.183. The Morgan fingerprint density at radius 2 is 1.05 bits per heavy atom. The zero-order chi connectivity index (χ0) is 43.0. The maximum Gasteiger partial charge on any atom is 0.220 e. The zero-order valence-electron chi connectivity index (χ0n) is 37.5. The van der Waals surface area contributed by atoms with Crippen molar-refractivity contribution in [2.45, 2.75) is 236 Å². The Morgan fingerprint density at radius 1 is 0.593 bits per heavy atom. The lowest BCUT2D eigenvalue weighted by atomic mass is 9.99. The van der Waals surface area contributed by atoms with Crippen LogP contribution in [0.1, 0.15) is 194 Å². The third-order valence-electron chi connectivity index (χ3n) is 11.1. The van der Waals surface area contributed by atoms with E-state index in [1.807, 2.05) is 6.08 Å². The highest BCUT2D eigenvalue weighted by Crippen LogP contribution is 2.22. The minimum atomic E-state index is -1.57. The van der Waals surface area contributed by atoms with Crippen LogP contribution < -0.4 is 5.32 Å². The largest absolute Gasteiger partial charge is 0.394 e. The van der Waals surface area contributed by atoms with Crippen LogP contribution in [0.3, 0.4) is 0 Å². The van der Waals surface area contributed by atoms with Gasteiger partial charge in [0, 0.05) is 6.42 Å². The van der Waals surface area contributed by atoms with Crippen LogP contribution in [0.4, 0.5) is 0 Å². The number of allylic oxidation sites excluding steroid dienone is 9. The molecule has 0 aromatic carbocycles. The Labute approximate surface area is 360 Å². The van der Waals surface area contributed by atoms with Gasteiger partial charge in [-0.1, -0.05) is 190 Å². The van der Waals surface area contributed by atoms with Crippen LogP contribution in [-0.2, 0) is 14.3 Å². The molecule has 6 N–H and O–H groups in total. The van der Waals surface area contributed by atoms with Crippen molar-refractivity contribution in [3.8, 4) is 0 Å². The fourth-order valence-electron chi connectivity index (χ4n) is 7.26. The lowest BCUT2D eigenvalue weighted by molar-refractivity contribution is -0.302. The average molecular weight is 832 g/mol. The molecule has 1 saturated heterocycles. The van der Waals surface area contributed by atoms with E-state index in [2.05, 4.69) is 67.8 Å². The molecule has 7 atom stereocenters. The highest BCUT2D eigenvalue weighted by Gasteiger charge is 2.44. The van der Waals surface area contributed by atoms with Crippen LogP contribution in [-0.4, -0.2) is 87.5 Å². The molecule has 1 amide bonds. The molecular formula is C50H89NO8. The number of hydrogen-bond donors (Lipinski definition) is 6. The van der Waals surface area contributed by atoms with E-state index in [-0.39, 0.29) is 12.5 Å². The molecule has 1 fully saturated rings. The first-order chi connectivity index (χ1) is 28.8. The highest BCUT2D eigenvalue weighted by molar-refractivity contribution is 5.76. The third kappa shape index (κ3) is 30.6. The number of unbranched alkanes of at least 4 members (excludes halogenated alkanes) is 21. The van der Waals surface area contributed by atoms with Gasteiger partial charge in [0.05, 0.1) is 25.4 Å². The molecule has 1 rings (SSSR count). The van der Waals surface area contributed by atoms with Gasteiger partial charge in [-0.15, -0.1) is 0 Å². The molecule has 0 saturated carbocycles. The van der Waals surface area contributed by atoms with E-state index in [1.54, 1.807) is 6.08 Å². The van der Waals surface area contributed by atoms with Gasteiger partial charge in [0.15, 0.2) is 6.29 Å². The summed E-state index contributed by atoms with van der Waals surface area (Å²) in [5.74, 6) is -0.183. The fraction of sp³-hybridized carbons (Fsp3) is 0.780. The second-order valence-corrected chi connectivity index (χ2v) is 16.5. The Kier molecular flexibility index (Phi) is 37.2. The zero-order valence-corrected chi connectivity index (χ0v) is 37.5. The Bertz CT molecular complexity index is 1100. The molecule has 1 aliphatic heterocycles. The molecule has 342 valence electrons. The van der Waals surface area contributed by atoms with Crippen molar-refractivity contribution in [1.82, 2.24) is 5.32 Å². The van der Waals surface area contributed by atoms with Crippen LogP contribution in [0.15, 0.2) is 60.8 Å². The molecule has 9 heteroatoms. The van der Waals surface area contributed by atoms with Crippen LogP contribution in [0.5, 0.6) is 0 Å². The van der Waals surface area contributed by atoms with E-state index >= 15 is 0 Å². The van der Waals surface area contributed by atoms with Crippen molar-refractivity contribution in [3.63, 3.8) is 0 Å². The Morgan fingerprint density at radius 3 is 1.56 bits per heavy atom. The first kappa shape index (κ1) is 54.9. The molecule has 1 aliphatic rings. The smallest absolute Gasteiger partial charge is 0.220 e. The molecule has 0 aromatic rings. The second kappa shape index (κ2) is 40.0.